The van der Waals surface area contributed by atoms with E-state index >= 15 is 0 Å². The average Bonchev–Trinajstić information content (AvgIpc) is 2.66. The van der Waals surface area contributed by atoms with E-state index in [0.29, 0.717) is 6.07 Å². The minimum Gasteiger partial charge on any atom is -0.507 e. The highest BCUT2D eigenvalue weighted by molar-refractivity contribution is 7.89. The van der Waals surface area contributed by atoms with Gasteiger partial charge in [0.2, 0.25) is 10.0 Å². The summed E-state index contributed by atoms with van der Waals surface area (Å²) in [5, 5.41) is 9.77. The lowest BCUT2D eigenvalue weighted by atomic mass is 10.2. The van der Waals surface area contributed by atoms with Crippen molar-refractivity contribution in [2.75, 3.05) is 0 Å². The Hall–Kier alpha value is -2.83. The first-order valence-electron chi connectivity index (χ1n) is 8.10. The molecule has 30 heavy (non-hydrogen) atoms. The van der Waals surface area contributed by atoms with Gasteiger partial charge in [0.25, 0.3) is 11.8 Å². The van der Waals surface area contributed by atoms with Crippen LogP contribution in [0.3, 0.4) is 0 Å². The fourth-order valence-corrected chi connectivity index (χ4v) is 3.87. The molecule has 0 unspecified atom stereocenters. The van der Waals surface area contributed by atoms with Crippen molar-refractivity contribution in [1.82, 2.24) is 15.6 Å². The fraction of sp³-hybridized carbons (Fsp3) is 0.176. The molecule has 2 rings (SSSR count). The highest BCUT2D eigenvalue weighted by Gasteiger charge is 2.37. The van der Waals surface area contributed by atoms with Crippen LogP contribution in [0.25, 0.3) is 0 Å². The molecule has 0 aliphatic heterocycles. The summed E-state index contributed by atoms with van der Waals surface area (Å²) < 4.78 is 65.6. The molecule has 8 nitrogen and oxygen atoms in total. The molecule has 0 fully saturated rings. The van der Waals surface area contributed by atoms with E-state index in [0.717, 1.165) is 37.3 Å². The van der Waals surface area contributed by atoms with Crippen LogP contribution in [0.1, 0.15) is 22.8 Å². The number of amides is 2. The summed E-state index contributed by atoms with van der Waals surface area (Å²) in [7, 11) is -4.72. The standard InChI is InChI=1S/C17H15ClF3N3O5S/c1-9(15(26)22-23-16(27)11-8-10(18)6-7-13(11)25)24-30(28,29)14-5-3-2-4-12(14)17(19,20)21/h2-9,24-25H,1H3,(H,22,26)(H,23,27)/t9-/m0/s1. The second-order valence-electron chi connectivity index (χ2n) is 5.94. The predicted molar refractivity (Wildman–Crippen MR) is 100.0 cm³/mol. The lowest BCUT2D eigenvalue weighted by Crippen LogP contribution is -2.51. The van der Waals surface area contributed by atoms with Crippen molar-refractivity contribution in [3.05, 3.63) is 58.6 Å². The number of hydrogen-bond donors (Lipinski definition) is 4. The van der Waals surface area contributed by atoms with Crippen LogP contribution in [0.2, 0.25) is 5.02 Å². The zero-order valence-corrected chi connectivity index (χ0v) is 16.7. The molecular weight excluding hydrogens is 451 g/mol. The summed E-state index contributed by atoms with van der Waals surface area (Å²) in [4.78, 5) is 23.0. The van der Waals surface area contributed by atoms with Crippen LogP contribution in [-0.4, -0.2) is 31.4 Å². The average molecular weight is 466 g/mol. The molecule has 0 aromatic heterocycles. The molecule has 0 spiro atoms. The van der Waals surface area contributed by atoms with E-state index in [1.165, 1.54) is 6.07 Å². The number of aromatic hydroxyl groups is 1. The van der Waals surface area contributed by atoms with Crippen LogP contribution in [0.4, 0.5) is 13.2 Å². The Labute approximate surface area is 174 Å². The third-order valence-corrected chi connectivity index (χ3v) is 5.54. The maximum atomic E-state index is 13.1. The predicted octanol–water partition coefficient (Wildman–Crippen LogP) is 2.19. The third kappa shape index (κ3) is 5.62. The largest absolute Gasteiger partial charge is 0.507 e. The molecule has 4 N–H and O–H groups in total. The van der Waals surface area contributed by atoms with E-state index in [2.05, 4.69) is 0 Å². The lowest BCUT2D eigenvalue weighted by molar-refractivity contribution is -0.139. The van der Waals surface area contributed by atoms with Gasteiger partial charge in [-0.3, -0.25) is 20.4 Å². The molecule has 0 saturated heterocycles. The van der Waals surface area contributed by atoms with Gasteiger partial charge in [0.05, 0.1) is 22.1 Å². The summed E-state index contributed by atoms with van der Waals surface area (Å²) in [6, 6.07) is 5.51. The zero-order chi connectivity index (χ0) is 22.7. The number of nitrogens with one attached hydrogen (secondary N) is 3. The van der Waals surface area contributed by atoms with Gasteiger partial charge >= 0.3 is 6.18 Å². The molecule has 2 amide bonds. The molecule has 0 saturated carbocycles. The van der Waals surface area contributed by atoms with E-state index in [9.17, 15) is 36.3 Å². The van der Waals surface area contributed by atoms with Crippen molar-refractivity contribution in [2.45, 2.75) is 24.0 Å². The minimum absolute atomic E-state index is 0.133. The van der Waals surface area contributed by atoms with Gasteiger partial charge in [0, 0.05) is 5.02 Å². The number of benzene rings is 2. The second-order valence-corrected chi connectivity index (χ2v) is 8.06. The second kappa shape index (κ2) is 8.90. The molecule has 0 aliphatic rings. The summed E-state index contributed by atoms with van der Waals surface area (Å²) >= 11 is 5.71. The number of sulfonamides is 1. The highest BCUT2D eigenvalue weighted by Crippen LogP contribution is 2.33. The van der Waals surface area contributed by atoms with Gasteiger partial charge in [-0.25, -0.2) is 8.42 Å². The topological polar surface area (TPSA) is 125 Å². The zero-order valence-electron chi connectivity index (χ0n) is 15.1. The molecule has 0 heterocycles. The van der Waals surface area contributed by atoms with E-state index in [1.807, 2.05) is 15.6 Å². The molecule has 13 heteroatoms. The number of phenols is 1. The number of hydrogen-bond acceptors (Lipinski definition) is 5. The van der Waals surface area contributed by atoms with Crippen molar-refractivity contribution in [3.8, 4) is 5.75 Å². The van der Waals surface area contributed by atoms with Gasteiger partial charge < -0.3 is 5.11 Å². The fourth-order valence-electron chi connectivity index (χ4n) is 2.27. The van der Waals surface area contributed by atoms with E-state index in [1.54, 1.807) is 0 Å². The lowest BCUT2D eigenvalue weighted by Gasteiger charge is -2.17. The molecule has 1 atom stereocenters. The Kier molecular flexibility index (Phi) is 6.95. The molecule has 0 aliphatic carbocycles. The Morgan fingerprint density at radius 2 is 1.73 bits per heavy atom. The van der Waals surface area contributed by atoms with Crippen LogP contribution in [0.15, 0.2) is 47.4 Å². The Morgan fingerprint density at radius 1 is 1.10 bits per heavy atom. The number of carbonyl (C=O) groups excluding carboxylic acids is 2. The van der Waals surface area contributed by atoms with Crippen LogP contribution in [-0.2, 0) is 21.0 Å². The van der Waals surface area contributed by atoms with Gasteiger partial charge in [-0.05, 0) is 37.3 Å². The smallest absolute Gasteiger partial charge is 0.417 e. The minimum atomic E-state index is -4.93. The number of carbonyl (C=O) groups is 2. The Balaban J connectivity index is 2.09. The molecule has 162 valence electrons. The molecule has 0 bridgehead atoms. The molecule has 2 aromatic carbocycles. The van der Waals surface area contributed by atoms with Crippen molar-refractivity contribution in [3.63, 3.8) is 0 Å². The van der Waals surface area contributed by atoms with Gasteiger partial charge in [-0.2, -0.15) is 17.9 Å². The van der Waals surface area contributed by atoms with E-state index in [4.69, 9.17) is 11.6 Å². The number of halogens is 4. The van der Waals surface area contributed by atoms with Crippen LogP contribution < -0.4 is 15.6 Å². The Morgan fingerprint density at radius 3 is 2.37 bits per heavy atom. The van der Waals surface area contributed by atoms with Crippen molar-refractivity contribution < 1.29 is 36.3 Å². The Bertz CT molecular complexity index is 1080. The normalized spacial score (nSPS) is 12.8. The van der Waals surface area contributed by atoms with E-state index < -0.39 is 50.3 Å². The van der Waals surface area contributed by atoms with Gasteiger partial charge in [-0.15, -0.1) is 0 Å². The van der Waals surface area contributed by atoms with Crippen LogP contribution in [0.5, 0.6) is 5.75 Å². The first kappa shape index (κ1) is 23.4. The number of phenolic OH excluding ortho intramolecular Hbond substituents is 1. The number of alkyl halides is 3. The van der Waals surface area contributed by atoms with Crippen LogP contribution in [0, 0.1) is 0 Å². The molecule has 2 aromatic rings. The van der Waals surface area contributed by atoms with Crippen molar-refractivity contribution in [2.24, 2.45) is 0 Å². The SMILES string of the molecule is C[C@H](NS(=O)(=O)c1ccccc1C(F)(F)F)C(=O)NNC(=O)c1cc(Cl)ccc1O. The quantitative estimate of drug-likeness (QED) is 0.504. The summed E-state index contributed by atoms with van der Waals surface area (Å²) in [5.74, 6) is -2.46. The first-order valence-corrected chi connectivity index (χ1v) is 9.96. The molecule has 0 radical (unpaired) electrons. The summed E-state index contributed by atoms with van der Waals surface area (Å²) in [6.07, 6.45) is -4.93. The van der Waals surface area contributed by atoms with E-state index in [-0.39, 0.29) is 10.6 Å². The van der Waals surface area contributed by atoms with Gasteiger partial charge in [0.15, 0.2) is 0 Å². The highest BCUT2D eigenvalue weighted by atomic mass is 35.5. The van der Waals surface area contributed by atoms with Crippen molar-refractivity contribution in [1.29, 1.82) is 0 Å². The number of hydrazine groups is 1. The summed E-state index contributed by atoms with van der Waals surface area (Å²) in [6.45, 7) is 1.06. The number of rotatable bonds is 5. The van der Waals surface area contributed by atoms with Gasteiger partial charge in [0.1, 0.15) is 5.75 Å². The summed E-state index contributed by atoms with van der Waals surface area (Å²) in [5.41, 5.74) is 2.18. The third-order valence-electron chi connectivity index (χ3n) is 3.71. The van der Waals surface area contributed by atoms with Crippen molar-refractivity contribution >= 4 is 33.4 Å². The van der Waals surface area contributed by atoms with Crippen LogP contribution >= 0.6 is 11.6 Å². The maximum absolute atomic E-state index is 13.1. The van der Waals surface area contributed by atoms with Gasteiger partial charge in [-0.1, -0.05) is 23.7 Å². The monoisotopic (exact) mass is 465 g/mol. The molecular formula is C17H15ClF3N3O5S. The maximum Gasteiger partial charge on any atom is 0.417 e. The first-order chi connectivity index (χ1) is 13.8.